The first-order valence-corrected chi connectivity index (χ1v) is 2.61. The molecule has 0 atom stereocenters. The van der Waals surface area contributed by atoms with E-state index in [4.69, 9.17) is 15.7 Å². The second-order valence-corrected chi connectivity index (χ2v) is 1.63. The molecule has 4 nitrogen and oxygen atoms in total. The van der Waals surface area contributed by atoms with Crippen LogP contribution in [0.5, 0.6) is 0 Å². The quantitative estimate of drug-likeness (QED) is 0.441. The van der Waals surface area contributed by atoms with E-state index in [0.29, 0.717) is 0 Å². The fraction of sp³-hybridized carbons (Fsp3) is 0. The van der Waals surface area contributed by atoms with E-state index < -0.39 is 13.0 Å². The zero-order valence-corrected chi connectivity index (χ0v) is 3.23. The third-order valence-electron chi connectivity index (χ3n) is 0. The van der Waals surface area contributed by atoms with Crippen LogP contribution in [0.3, 0.4) is 0 Å². The summed E-state index contributed by atoms with van der Waals surface area (Å²) in [6.45, 7) is 0. The van der Waals surface area contributed by atoms with Crippen LogP contribution >= 0.6 is 0 Å². The first kappa shape index (κ1) is 16.4. The van der Waals surface area contributed by atoms with Gasteiger partial charge in [0, 0.05) is 0 Å². The number of hydrogen-bond acceptors (Lipinski definition) is 3. The predicted octanol–water partition coefficient (Wildman–Crippen LogP) is -2.48. The molecule has 0 spiro atoms. The molecule has 0 fully saturated rings. The number of hydrogen-bond donors (Lipinski definition) is 1. The molecule has 0 radical (unpaired) electrons. The third kappa shape index (κ3) is 52.3. The Hall–Kier alpha value is 2.78. The molecular formula is H4CaKMnO4. The van der Waals surface area contributed by atoms with Crippen LogP contribution in [0.25, 0.3) is 0 Å². The summed E-state index contributed by atoms with van der Waals surface area (Å²) in [5.74, 6) is 0. The third-order valence-corrected chi connectivity index (χ3v) is 0. The van der Waals surface area contributed by atoms with E-state index in [1.165, 1.54) is 0 Å². The maximum atomic E-state index is 8.69. The molecule has 0 aromatic rings. The topological polar surface area (TPSA) is 71.4 Å². The van der Waals surface area contributed by atoms with Crippen LogP contribution in [0.1, 0.15) is 0 Å². The molecule has 0 aliphatic rings. The van der Waals surface area contributed by atoms with Crippen LogP contribution < -0.4 is 0 Å². The van der Waals surface area contributed by atoms with Gasteiger partial charge in [-0.25, -0.2) is 0 Å². The second-order valence-electron chi connectivity index (χ2n) is 0.396. The predicted molar refractivity (Wildman–Crippen MR) is 20.0 cm³/mol. The van der Waals surface area contributed by atoms with Crippen molar-refractivity contribution in [3.8, 4) is 0 Å². The summed E-state index contributed by atoms with van der Waals surface area (Å²) in [6, 6.07) is 0. The van der Waals surface area contributed by atoms with Crippen LogP contribution in [0.15, 0.2) is 0 Å². The summed E-state index contributed by atoms with van der Waals surface area (Å²) in [6.07, 6.45) is 0. The van der Waals surface area contributed by atoms with Crippen molar-refractivity contribution in [3.05, 3.63) is 0 Å². The van der Waals surface area contributed by atoms with Gasteiger partial charge >= 0.3 is 118 Å². The molecule has 0 aliphatic carbocycles. The molecule has 0 saturated heterocycles. The van der Waals surface area contributed by atoms with Gasteiger partial charge in [0.05, 0.1) is 0 Å². The Labute approximate surface area is 115 Å². The molecule has 0 saturated carbocycles. The first-order chi connectivity index (χ1) is 2.00. The van der Waals surface area contributed by atoms with Crippen molar-refractivity contribution in [1.29, 1.82) is 0 Å². The van der Waals surface area contributed by atoms with Crippen LogP contribution in [-0.4, -0.2) is 93.3 Å². The molecule has 0 unspecified atom stereocenters. The van der Waals surface area contributed by atoms with Crippen LogP contribution in [-0.2, 0) is 24.5 Å². The Kier molecular flexibility index (Phi) is 16.1. The van der Waals surface area contributed by atoms with Crippen LogP contribution in [0, 0.1) is 0 Å². The van der Waals surface area contributed by atoms with Crippen LogP contribution in [0.4, 0.5) is 0 Å². The second kappa shape index (κ2) is 6.89. The van der Waals surface area contributed by atoms with E-state index in [0.717, 1.165) is 0 Å². The summed E-state index contributed by atoms with van der Waals surface area (Å²) in [5, 5.41) is 0. The maximum absolute atomic E-state index is 8.69. The van der Waals surface area contributed by atoms with Gasteiger partial charge in [-0.1, -0.05) is 0 Å². The van der Waals surface area contributed by atoms with Gasteiger partial charge in [-0.3, -0.25) is 0 Å². The summed E-state index contributed by atoms with van der Waals surface area (Å²) < 4.78 is 33.1. The minimum absolute atomic E-state index is 0. The first-order valence-electron chi connectivity index (χ1n) is 0.632. The summed E-state index contributed by atoms with van der Waals surface area (Å²) >= 11 is -5.38. The zero-order valence-electron chi connectivity index (χ0n) is 2.05. The normalized spacial score (nSPS) is 8.14. The molecule has 1 N–H and O–H groups in total. The molecule has 0 amide bonds. The average molecular weight is 202 g/mol. The van der Waals surface area contributed by atoms with Crippen molar-refractivity contribution in [2.75, 3.05) is 0 Å². The molecule has 38 valence electrons. The van der Waals surface area contributed by atoms with Crippen molar-refractivity contribution in [2.24, 2.45) is 0 Å². The molecular weight excluding hydrogens is 198 g/mol. The Morgan fingerprint density at radius 1 is 1.14 bits per heavy atom. The number of rotatable bonds is 0. The summed E-state index contributed by atoms with van der Waals surface area (Å²) in [7, 11) is 0. The Morgan fingerprint density at radius 3 is 1.14 bits per heavy atom. The van der Waals surface area contributed by atoms with E-state index in [2.05, 4.69) is 0 Å². The Morgan fingerprint density at radius 2 is 1.14 bits per heavy atom. The van der Waals surface area contributed by atoms with Crippen molar-refractivity contribution < 1.29 is 28.7 Å². The van der Waals surface area contributed by atoms with E-state index in [-0.39, 0.29) is 89.1 Å². The summed E-state index contributed by atoms with van der Waals surface area (Å²) in [5.41, 5.74) is 0. The molecule has 0 aromatic heterocycles. The van der Waals surface area contributed by atoms with Gasteiger partial charge in [-0.15, -0.1) is 0 Å². The molecule has 7 heteroatoms. The van der Waals surface area contributed by atoms with Crippen molar-refractivity contribution in [2.45, 2.75) is 0 Å². The Bertz CT molecular complexity index is 133. The molecule has 0 aliphatic heterocycles. The molecule has 0 aromatic carbocycles. The van der Waals surface area contributed by atoms with E-state index in [1.54, 1.807) is 0 Å². The van der Waals surface area contributed by atoms with Gasteiger partial charge in [-0.2, -0.15) is 0 Å². The fourth-order valence-electron chi connectivity index (χ4n) is 0. The zero-order chi connectivity index (χ0) is 4.50. The van der Waals surface area contributed by atoms with E-state index >= 15 is 0 Å². The minimum atomic E-state index is -5.38. The van der Waals surface area contributed by atoms with Crippen molar-refractivity contribution in [3.63, 3.8) is 0 Å². The van der Waals surface area contributed by atoms with E-state index in [9.17, 15) is 0 Å². The monoisotopic (exact) mass is 202 g/mol. The van der Waals surface area contributed by atoms with Crippen molar-refractivity contribution >= 4 is 89.1 Å². The summed E-state index contributed by atoms with van der Waals surface area (Å²) in [4.78, 5) is 0. The fourth-order valence-corrected chi connectivity index (χ4v) is 0. The van der Waals surface area contributed by atoms with Crippen LogP contribution in [0.2, 0.25) is 0 Å². The SMILES string of the molecule is [CaH2].[KH].[O]=[Mn](=[O])(=[O])[OH]. The molecule has 0 rings (SSSR count). The average Bonchev–Trinajstić information content (AvgIpc) is 0.722. The van der Waals surface area contributed by atoms with Gasteiger partial charge < -0.3 is 0 Å². The van der Waals surface area contributed by atoms with Gasteiger partial charge in [0.25, 0.3) is 0 Å². The van der Waals surface area contributed by atoms with Gasteiger partial charge in [0.2, 0.25) is 0 Å². The van der Waals surface area contributed by atoms with Gasteiger partial charge in [-0.05, 0) is 0 Å². The van der Waals surface area contributed by atoms with E-state index in [1.807, 2.05) is 0 Å². The molecule has 0 heterocycles. The molecule has 0 bridgehead atoms. The van der Waals surface area contributed by atoms with Gasteiger partial charge in [0.15, 0.2) is 0 Å². The van der Waals surface area contributed by atoms with Gasteiger partial charge in [0.1, 0.15) is 0 Å². The standard InChI is InChI=1S/Ca.K.Mn.H2O.3O.3H/h;;;1H2;;;;;;/q;;+1;;;;;;;/p-1. The van der Waals surface area contributed by atoms with Crippen molar-refractivity contribution in [1.82, 2.24) is 0 Å². The Balaban J connectivity index is -0.0000000800. The molecule has 7 heavy (non-hydrogen) atoms.